The van der Waals surface area contributed by atoms with E-state index in [1.807, 2.05) is 0 Å². The van der Waals surface area contributed by atoms with Gasteiger partial charge in [0.25, 0.3) is 0 Å². The number of carbonyl (C=O) groups excluding carboxylic acids is 2. The number of ether oxygens (including phenoxy) is 2. The molecule has 223 valence electrons. The summed E-state index contributed by atoms with van der Waals surface area (Å²) in [5, 5.41) is 40.9. The maximum Gasteiger partial charge on any atom is 0.407 e. The molecule has 0 aromatic rings. The number of nitrogens with two attached hydrogens (primary N) is 2. The molecule has 0 saturated carbocycles. The molecule has 0 aliphatic rings. The Morgan fingerprint density at radius 3 is 1.16 bits per heavy atom. The van der Waals surface area contributed by atoms with Gasteiger partial charge >= 0.3 is 24.1 Å². The van der Waals surface area contributed by atoms with E-state index in [4.69, 9.17) is 31.2 Å². The summed E-state index contributed by atoms with van der Waals surface area (Å²) in [6, 6.07) is -2.00. The summed E-state index contributed by atoms with van der Waals surface area (Å²) in [7, 11) is 0. The monoisotopic (exact) mass is 587 g/mol. The van der Waals surface area contributed by atoms with Gasteiger partial charge in [-0.15, -0.1) is 0 Å². The number of amides is 2. The van der Waals surface area contributed by atoms with Gasteiger partial charge in [-0.1, -0.05) is 0 Å². The molecule has 4 atom stereocenters. The normalized spacial score (nSPS) is 14.3. The molecule has 15 heteroatoms. The molecule has 0 aliphatic carbocycles. The standard InChI is InChI=1S/2C11H22N2O5.Cu/c2*1-11(2,3)18-10(17)13-6-7(14)4-5-8(12)9(15)16;/h2*7-8,14H,4-6,12H2,1-3H3,(H,13,17)(H,15,16);. The summed E-state index contributed by atoms with van der Waals surface area (Å²) in [6.07, 6.45) is -2.25. The maximum atomic E-state index is 11.2. The number of carboxylic acid groups (broad SMARTS) is 2. The zero-order chi connectivity index (χ0) is 28.7. The fourth-order valence-corrected chi connectivity index (χ4v) is 2.23. The molecule has 10 N–H and O–H groups in total. The summed E-state index contributed by atoms with van der Waals surface area (Å²) in [4.78, 5) is 43.4. The minimum Gasteiger partial charge on any atom is -0.480 e. The van der Waals surface area contributed by atoms with Crippen LogP contribution in [0.25, 0.3) is 0 Å². The van der Waals surface area contributed by atoms with Gasteiger partial charge < -0.3 is 52.0 Å². The second-order valence-corrected chi connectivity index (χ2v) is 10.1. The molecule has 37 heavy (non-hydrogen) atoms. The molecule has 0 bridgehead atoms. The van der Waals surface area contributed by atoms with Gasteiger partial charge in [-0.2, -0.15) is 0 Å². The number of aliphatic hydroxyl groups excluding tert-OH is 2. The Hall–Kier alpha value is -2.16. The van der Waals surface area contributed by atoms with E-state index in [0.29, 0.717) is 0 Å². The quantitative estimate of drug-likeness (QED) is 0.142. The molecule has 0 aromatic heterocycles. The van der Waals surface area contributed by atoms with Gasteiger partial charge in [0.15, 0.2) is 0 Å². The first-order chi connectivity index (χ1) is 16.2. The number of aliphatic carboxylic acids is 2. The van der Waals surface area contributed by atoms with Crippen LogP contribution in [-0.2, 0) is 36.1 Å². The van der Waals surface area contributed by atoms with Gasteiger partial charge in [0, 0.05) is 30.2 Å². The van der Waals surface area contributed by atoms with E-state index in [9.17, 15) is 29.4 Å². The first-order valence-electron chi connectivity index (χ1n) is 11.5. The van der Waals surface area contributed by atoms with E-state index >= 15 is 0 Å². The Kier molecular flexibility index (Phi) is 20.2. The van der Waals surface area contributed by atoms with Crippen molar-refractivity contribution in [2.75, 3.05) is 13.1 Å². The predicted octanol–water partition coefficient (Wildman–Crippen LogP) is 0.126. The van der Waals surface area contributed by atoms with E-state index in [2.05, 4.69) is 10.6 Å². The molecular formula is C22H44CuN4O10. The van der Waals surface area contributed by atoms with E-state index in [-0.39, 0.29) is 55.8 Å². The van der Waals surface area contributed by atoms with Gasteiger partial charge in [-0.05, 0) is 67.2 Å². The van der Waals surface area contributed by atoms with E-state index in [1.165, 1.54) is 0 Å². The first-order valence-corrected chi connectivity index (χ1v) is 11.5. The molecule has 4 unspecified atom stereocenters. The fraction of sp³-hybridized carbons (Fsp3) is 0.818. The van der Waals surface area contributed by atoms with Crippen LogP contribution in [0.5, 0.6) is 0 Å². The van der Waals surface area contributed by atoms with Gasteiger partial charge in [0.05, 0.1) is 12.2 Å². The van der Waals surface area contributed by atoms with Crippen LogP contribution in [0.15, 0.2) is 0 Å². The molecule has 2 amide bonds. The number of alkyl carbamates (subject to hydrolysis) is 2. The maximum absolute atomic E-state index is 11.2. The zero-order valence-corrected chi connectivity index (χ0v) is 23.2. The number of hydrogen-bond acceptors (Lipinski definition) is 10. The van der Waals surface area contributed by atoms with Crippen molar-refractivity contribution in [1.82, 2.24) is 10.6 Å². The molecule has 0 heterocycles. The summed E-state index contributed by atoms with van der Waals surface area (Å²) in [6.45, 7) is 10.4. The van der Waals surface area contributed by atoms with Crippen molar-refractivity contribution < 1.29 is 66.1 Å². The van der Waals surface area contributed by atoms with Crippen molar-refractivity contribution in [3.05, 3.63) is 0 Å². The number of nitrogens with one attached hydrogen (secondary N) is 2. The van der Waals surface area contributed by atoms with Crippen molar-refractivity contribution in [1.29, 1.82) is 0 Å². The molecule has 1 radical (unpaired) electrons. The van der Waals surface area contributed by atoms with Crippen LogP contribution in [0.1, 0.15) is 67.2 Å². The molecule has 0 aromatic carbocycles. The van der Waals surface area contributed by atoms with Gasteiger partial charge in [0.1, 0.15) is 23.3 Å². The SMILES string of the molecule is CC(C)(C)OC(=O)NCC(O)CCC(N)C(=O)O.CC(C)(C)OC(=O)NCC(O)CCC(N)C(=O)O.[Cu]. The molecular weight excluding hydrogens is 544 g/mol. The Morgan fingerprint density at radius 2 is 0.946 bits per heavy atom. The topological polar surface area (TPSA) is 244 Å². The Labute approximate surface area is 228 Å². The molecule has 0 rings (SSSR count). The van der Waals surface area contributed by atoms with Crippen molar-refractivity contribution in [2.45, 2.75) is 103 Å². The van der Waals surface area contributed by atoms with Gasteiger partial charge in [-0.25, -0.2) is 9.59 Å². The van der Waals surface area contributed by atoms with Gasteiger partial charge in [-0.3, -0.25) is 9.59 Å². The Balaban J connectivity index is -0.000000608. The van der Waals surface area contributed by atoms with E-state index in [0.717, 1.165) is 0 Å². The molecule has 0 aliphatic heterocycles. The fourth-order valence-electron chi connectivity index (χ4n) is 2.23. The van der Waals surface area contributed by atoms with Crippen LogP contribution < -0.4 is 22.1 Å². The Morgan fingerprint density at radius 1 is 0.676 bits per heavy atom. The minimum atomic E-state index is -1.11. The second-order valence-electron chi connectivity index (χ2n) is 10.1. The third-order valence-corrected chi connectivity index (χ3v) is 4.02. The van der Waals surface area contributed by atoms with E-state index in [1.54, 1.807) is 41.5 Å². The molecule has 0 spiro atoms. The molecule has 0 fully saturated rings. The van der Waals surface area contributed by atoms with E-state index < -0.39 is 59.6 Å². The third kappa shape index (κ3) is 26.7. The summed E-state index contributed by atoms with van der Waals surface area (Å²) < 4.78 is 9.94. The summed E-state index contributed by atoms with van der Waals surface area (Å²) in [5.74, 6) is -2.22. The number of hydrogen-bond donors (Lipinski definition) is 8. The first kappa shape index (κ1) is 39.4. The average molecular weight is 588 g/mol. The third-order valence-electron chi connectivity index (χ3n) is 4.02. The second kappa shape index (κ2) is 19.0. The van der Waals surface area contributed by atoms with Crippen molar-refractivity contribution in [3.63, 3.8) is 0 Å². The largest absolute Gasteiger partial charge is 0.480 e. The van der Waals surface area contributed by atoms with Crippen molar-refractivity contribution in [2.24, 2.45) is 11.5 Å². The predicted molar refractivity (Wildman–Crippen MR) is 130 cm³/mol. The Bertz CT molecular complexity index is 640. The van der Waals surface area contributed by atoms with Crippen LogP contribution in [0.4, 0.5) is 9.59 Å². The summed E-state index contributed by atoms with van der Waals surface area (Å²) >= 11 is 0. The number of carbonyl (C=O) groups is 4. The van der Waals surface area contributed by atoms with Crippen LogP contribution >= 0.6 is 0 Å². The number of carboxylic acids is 2. The minimum absolute atomic E-state index is 0. The smallest absolute Gasteiger partial charge is 0.407 e. The number of aliphatic hydroxyl groups is 2. The van der Waals surface area contributed by atoms with Crippen LogP contribution in [-0.4, -0.2) is 93.1 Å². The zero-order valence-electron chi connectivity index (χ0n) is 22.2. The molecule has 14 nitrogen and oxygen atoms in total. The molecule has 0 saturated heterocycles. The van der Waals surface area contributed by atoms with Crippen molar-refractivity contribution in [3.8, 4) is 0 Å². The number of rotatable bonds is 12. The average Bonchev–Trinajstić information content (AvgIpc) is 2.70. The van der Waals surface area contributed by atoms with Crippen LogP contribution in [0.2, 0.25) is 0 Å². The van der Waals surface area contributed by atoms with Crippen LogP contribution in [0, 0.1) is 0 Å². The van der Waals surface area contributed by atoms with Gasteiger partial charge in [0.2, 0.25) is 0 Å². The van der Waals surface area contributed by atoms with Crippen molar-refractivity contribution >= 4 is 24.1 Å². The van der Waals surface area contributed by atoms with Crippen LogP contribution in [0.3, 0.4) is 0 Å². The summed E-state index contributed by atoms with van der Waals surface area (Å²) in [5.41, 5.74) is 9.37.